The molecule has 3 unspecified atom stereocenters. The molecule has 3 N–H and O–H groups in total. The highest BCUT2D eigenvalue weighted by Crippen LogP contribution is 2.18. The Morgan fingerprint density at radius 3 is 1.35 bits per heavy atom. The first-order chi connectivity index (χ1) is 29.5. The molecule has 0 spiro atoms. The number of unbranched alkanes of at least 4 members (excludes halogenated alkanes) is 27. The highest BCUT2D eigenvalue weighted by Gasteiger charge is 2.24. The van der Waals surface area contributed by atoms with E-state index in [-0.39, 0.29) is 24.9 Å². The van der Waals surface area contributed by atoms with Crippen molar-refractivity contribution in [1.29, 1.82) is 0 Å². The van der Waals surface area contributed by atoms with E-state index in [2.05, 4.69) is 50.4 Å². The van der Waals surface area contributed by atoms with Crippen molar-refractivity contribution in [1.82, 2.24) is 5.32 Å². The fourth-order valence-electron chi connectivity index (χ4n) is 7.63. The number of hydrogen-bond acceptors (Lipinski definition) is 5. The maximum atomic E-state index is 13.2. The van der Waals surface area contributed by atoms with E-state index in [0.29, 0.717) is 19.3 Å². The van der Waals surface area contributed by atoms with Gasteiger partial charge in [0, 0.05) is 6.42 Å². The first kappa shape index (κ1) is 57.6. The van der Waals surface area contributed by atoms with Crippen LogP contribution < -0.4 is 5.32 Å². The molecule has 0 saturated carbocycles. The van der Waals surface area contributed by atoms with Crippen LogP contribution >= 0.6 is 0 Å². The van der Waals surface area contributed by atoms with Crippen molar-refractivity contribution in [3.8, 4) is 0 Å². The number of ether oxygens (including phenoxy) is 1. The predicted octanol–water partition coefficient (Wildman–Crippen LogP) is 15.2. The number of allylic oxidation sites excluding steroid dienone is 10. The van der Waals surface area contributed by atoms with E-state index in [4.69, 9.17) is 4.74 Å². The smallest absolute Gasteiger partial charge is 0.306 e. The maximum absolute atomic E-state index is 13.2. The number of aliphatic hydroxyl groups excluding tert-OH is 2. The van der Waals surface area contributed by atoms with E-state index in [0.717, 1.165) is 70.6 Å². The monoisotopic (exact) mass is 840 g/mol. The molecule has 0 fully saturated rings. The number of amides is 1. The van der Waals surface area contributed by atoms with Crippen molar-refractivity contribution in [2.45, 2.75) is 264 Å². The third-order valence-corrected chi connectivity index (χ3v) is 11.5. The van der Waals surface area contributed by atoms with E-state index >= 15 is 0 Å². The van der Waals surface area contributed by atoms with E-state index in [1.54, 1.807) is 0 Å². The Kier molecular flexibility index (Phi) is 45.7. The SMILES string of the molecule is CC/C=C/C=C/C=C\C=C/C=C/CCCCCC(=O)OC(CCCCCCCCCCCCC)CC(=O)NC(CO)C(O)CCCCCCCCCCCCCCCCC. The largest absolute Gasteiger partial charge is 0.462 e. The van der Waals surface area contributed by atoms with Gasteiger partial charge in [0.25, 0.3) is 0 Å². The standard InChI is InChI=1S/C54H97NO5/c1-4-7-10-13-16-19-22-24-26-28-31-34-37-40-43-46-52(57)51(49-56)55-53(58)48-50(45-42-39-36-33-30-21-18-15-12-9-6-3)60-54(59)47-44-41-38-35-32-29-27-25-23-20-17-14-11-8-5-2/h8,11,14,17,20,23,25,27,29,32,50-52,56-57H,4-7,9-10,12-13,15-16,18-19,21-22,24,26,28,30-31,33-49H2,1-3H3,(H,55,58)/b11-8+,17-14+,23-20-,27-25-,32-29+. The van der Waals surface area contributed by atoms with Crippen LogP contribution in [0.25, 0.3) is 0 Å². The first-order valence-electron chi connectivity index (χ1n) is 25.6. The normalized spacial score (nSPS) is 13.8. The fourth-order valence-corrected chi connectivity index (χ4v) is 7.63. The lowest BCUT2D eigenvalue weighted by atomic mass is 10.0. The van der Waals surface area contributed by atoms with Gasteiger partial charge in [-0.1, -0.05) is 248 Å². The van der Waals surface area contributed by atoms with Crippen LogP contribution in [0.2, 0.25) is 0 Å². The molecule has 0 bridgehead atoms. The zero-order valence-corrected chi connectivity index (χ0v) is 39.6. The third-order valence-electron chi connectivity index (χ3n) is 11.5. The lowest BCUT2D eigenvalue weighted by Gasteiger charge is -2.24. The fraction of sp³-hybridized carbons (Fsp3) is 0.778. The van der Waals surface area contributed by atoms with E-state index in [9.17, 15) is 19.8 Å². The summed E-state index contributed by atoms with van der Waals surface area (Å²) in [5.74, 6) is -0.519. The predicted molar refractivity (Wildman–Crippen MR) is 259 cm³/mol. The van der Waals surface area contributed by atoms with Gasteiger partial charge < -0.3 is 20.3 Å². The van der Waals surface area contributed by atoms with Crippen LogP contribution in [0, 0.1) is 0 Å². The van der Waals surface area contributed by atoms with Gasteiger partial charge in [-0.05, 0) is 44.9 Å². The molecule has 0 rings (SSSR count). The summed E-state index contributed by atoms with van der Waals surface area (Å²) in [6, 6.07) is -0.710. The molecule has 60 heavy (non-hydrogen) atoms. The summed E-state index contributed by atoms with van der Waals surface area (Å²) >= 11 is 0. The molecule has 3 atom stereocenters. The number of carbonyl (C=O) groups is 2. The summed E-state index contributed by atoms with van der Waals surface area (Å²) in [5.41, 5.74) is 0. The van der Waals surface area contributed by atoms with Crippen LogP contribution in [0.3, 0.4) is 0 Å². The van der Waals surface area contributed by atoms with Gasteiger partial charge in [-0.3, -0.25) is 9.59 Å². The van der Waals surface area contributed by atoms with Crippen LogP contribution in [-0.2, 0) is 14.3 Å². The Bertz CT molecular complexity index is 1080. The van der Waals surface area contributed by atoms with E-state index in [1.807, 2.05) is 36.5 Å². The highest BCUT2D eigenvalue weighted by molar-refractivity contribution is 5.77. The molecule has 0 aliphatic rings. The Morgan fingerprint density at radius 2 is 0.900 bits per heavy atom. The highest BCUT2D eigenvalue weighted by atomic mass is 16.5. The summed E-state index contributed by atoms with van der Waals surface area (Å²) in [7, 11) is 0. The Labute approximate surface area is 371 Å². The number of rotatable bonds is 45. The second kappa shape index (κ2) is 47.6. The number of carbonyl (C=O) groups excluding carboxylic acids is 2. The van der Waals surface area contributed by atoms with Crippen molar-refractivity contribution in [2.75, 3.05) is 6.61 Å². The van der Waals surface area contributed by atoms with E-state index < -0.39 is 18.2 Å². The van der Waals surface area contributed by atoms with Crippen LogP contribution in [0.1, 0.15) is 245 Å². The second-order valence-corrected chi connectivity index (χ2v) is 17.3. The van der Waals surface area contributed by atoms with Crippen molar-refractivity contribution < 1.29 is 24.5 Å². The lowest BCUT2D eigenvalue weighted by Crippen LogP contribution is -2.46. The number of esters is 1. The van der Waals surface area contributed by atoms with Gasteiger partial charge in [-0.15, -0.1) is 0 Å². The number of aliphatic hydroxyl groups is 2. The molecular weight excluding hydrogens is 743 g/mol. The average molecular weight is 840 g/mol. The lowest BCUT2D eigenvalue weighted by molar-refractivity contribution is -0.151. The van der Waals surface area contributed by atoms with Crippen molar-refractivity contribution in [3.63, 3.8) is 0 Å². The third kappa shape index (κ3) is 42.3. The maximum Gasteiger partial charge on any atom is 0.306 e. The second-order valence-electron chi connectivity index (χ2n) is 17.3. The van der Waals surface area contributed by atoms with Crippen molar-refractivity contribution in [2.24, 2.45) is 0 Å². The minimum Gasteiger partial charge on any atom is -0.462 e. The first-order valence-corrected chi connectivity index (χ1v) is 25.6. The Balaban J connectivity index is 4.59. The van der Waals surface area contributed by atoms with Gasteiger partial charge in [-0.25, -0.2) is 0 Å². The Morgan fingerprint density at radius 1 is 0.500 bits per heavy atom. The van der Waals surface area contributed by atoms with Gasteiger partial charge in [0.15, 0.2) is 0 Å². The molecule has 0 heterocycles. The molecule has 348 valence electrons. The zero-order valence-electron chi connectivity index (χ0n) is 39.6. The molecule has 1 amide bonds. The summed E-state index contributed by atoms with van der Waals surface area (Å²) in [6.07, 6.45) is 58.5. The molecule has 0 aromatic rings. The molecule has 0 aromatic carbocycles. The van der Waals surface area contributed by atoms with Crippen LogP contribution in [0.5, 0.6) is 0 Å². The van der Waals surface area contributed by atoms with Gasteiger partial charge in [0.05, 0.1) is 25.2 Å². The molecule has 6 heteroatoms. The molecule has 0 aliphatic heterocycles. The minimum absolute atomic E-state index is 0.0609. The van der Waals surface area contributed by atoms with Gasteiger partial charge in [0.1, 0.15) is 6.10 Å². The summed E-state index contributed by atoms with van der Waals surface area (Å²) < 4.78 is 5.91. The minimum atomic E-state index is -0.795. The molecule has 0 radical (unpaired) electrons. The summed E-state index contributed by atoms with van der Waals surface area (Å²) in [6.45, 7) is 6.33. The summed E-state index contributed by atoms with van der Waals surface area (Å²) in [5, 5.41) is 23.8. The topological polar surface area (TPSA) is 95.9 Å². The van der Waals surface area contributed by atoms with Crippen LogP contribution in [0.4, 0.5) is 0 Å². The van der Waals surface area contributed by atoms with Gasteiger partial charge >= 0.3 is 5.97 Å². The van der Waals surface area contributed by atoms with Crippen LogP contribution in [-0.4, -0.2) is 46.9 Å². The molecule has 0 aromatic heterocycles. The average Bonchev–Trinajstić information content (AvgIpc) is 3.24. The molecule has 6 nitrogen and oxygen atoms in total. The van der Waals surface area contributed by atoms with Crippen LogP contribution in [0.15, 0.2) is 60.8 Å². The quantitative estimate of drug-likeness (QED) is 0.0322. The molecule has 0 aliphatic carbocycles. The number of hydrogen-bond donors (Lipinski definition) is 3. The zero-order chi connectivity index (χ0) is 43.8. The molecule has 0 saturated heterocycles. The van der Waals surface area contributed by atoms with Gasteiger partial charge in [0.2, 0.25) is 5.91 Å². The van der Waals surface area contributed by atoms with E-state index in [1.165, 1.54) is 128 Å². The number of nitrogens with one attached hydrogen (secondary N) is 1. The van der Waals surface area contributed by atoms with Crippen molar-refractivity contribution in [3.05, 3.63) is 60.8 Å². The molecular formula is C54H97NO5. The van der Waals surface area contributed by atoms with Gasteiger partial charge in [-0.2, -0.15) is 0 Å². The Hall–Kier alpha value is -2.44. The van der Waals surface area contributed by atoms with Crippen molar-refractivity contribution >= 4 is 11.9 Å². The summed E-state index contributed by atoms with van der Waals surface area (Å²) in [4.78, 5) is 26.1.